The lowest BCUT2D eigenvalue weighted by atomic mass is 10.1. The van der Waals surface area contributed by atoms with Crippen LogP contribution in [0.3, 0.4) is 0 Å². The van der Waals surface area contributed by atoms with E-state index >= 15 is 0 Å². The van der Waals surface area contributed by atoms with Crippen molar-refractivity contribution < 1.29 is 28.6 Å². The van der Waals surface area contributed by atoms with Gasteiger partial charge in [-0.15, -0.1) is 0 Å². The molecule has 3 rings (SSSR count). The number of rotatable bonds is 8. The molecular weight excluding hydrogens is 559 g/mol. The van der Waals surface area contributed by atoms with Crippen molar-refractivity contribution in [3.05, 3.63) is 61.6 Å². The number of benzene rings is 2. The van der Waals surface area contributed by atoms with Crippen LogP contribution in [0, 0.1) is 14.9 Å². The molecule has 0 unspecified atom stereocenters. The van der Waals surface area contributed by atoms with Crippen LogP contribution in [0.5, 0.6) is 11.5 Å². The Labute approximate surface area is 208 Å². The zero-order valence-corrected chi connectivity index (χ0v) is 20.8. The normalized spacial score (nSPS) is 14.4. The summed E-state index contributed by atoms with van der Waals surface area (Å²) < 4.78 is 17.0. The fourth-order valence-corrected chi connectivity index (χ4v) is 4.61. The minimum atomic E-state index is -0.642. The summed E-state index contributed by atoms with van der Waals surface area (Å²) in [6.45, 7) is 1.58. The first-order valence-electron chi connectivity index (χ1n) is 9.77. The number of nitriles is 1. The highest BCUT2D eigenvalue weighted by molar-refractivity contribution is 14.1. The molecule has 2 aromatic rings. The molecule has 1 heterocycles. The number of carbonyl (C=O) groups is 3. The summed E-state index contributed by atoms with van der Waals surface area (Å²) in [6.07, 6.45) is 1.56. The van der Waals surface area contributed by atoms with Gasteiger partial charge in [-0.25, -0.2) is 0 Å². The number of amides is 2. The average molecular weight is 578 g/mol. The van der Waals surface area contributed by atoms with Gasteiger partial charge >= 0.3 is 5.97 Å². The molecule has 10 heteroatoms. The van der Waals surface area contributed by atoms with Crippen LogP contribution in [0.2, 0.25) is 0 Å². The molecular formula is C23H19IN2O6S. The highest BCUT2D eigenvalue weighted by Gasteiger charge is 2.36. The van der Waals surface area contributed by atoms with E-state index in [1.165, 1.54) is 7.11 Å². The minimum absolute atomic E-state index is 0.166. The van der Waals surface area contributed by atoms with Crippen LogP contribution < -0.4 is 9.47 Å². The minimum Gasteiger partial charge on any atom is -0.493 e. The highest BCUT2D eigenvalue weighted by atomic mass is 127. The number of carbonyl (C=O) groups excluding carboxylic acids is 3. The summed E-state index contributed by atoms with van der Waals surface area (Å²) in [5.41, 5.74) is 1.90. The highest BCUT2D eigenvalue weighted by Crippen LogP contribution is 2.37. The van der Waals surface area contributed by atoms with E-state index in [1.54, 1.807) is 37.3 Å². The number of imide groups is 1. The molecule has 0 atom stereocenters. The van der Waals surface area contributed by atoms with Gasteiger partial charge in [-0.3, -0.25) is 19.3 Å². The fraction of sp³-hybridized carbons (Fsp3) is 0.217. The van der Waals surface area contributed by atoms with Crippen LogP contribution in [-0.2, 0) is 20.9 Å². The zero-order valence-electron chi connectivity index (χ0n) is 17.8. The molecule has 8 nitrogen and oxygen atoms in total. The number of ether oxygens (including phenoxy) is 3. The van der Waals surface area contributed by atoms with Crippen molar-refractivity contribution in [3.8, 4) is 17.6 Å². The van der Waals surface area contributed by atoms with Crippen LogP contribution in [0.15, 0.2) is 41.3 Å². The lowest BCUT2D eigenvalue weighted by Gasteiger charge is -2.14. The Kier molecular flexibility index (Phi) is 8.35. The molecule has 0 N–H and O–H groups in total. The van der Waals surface area contributed by atoms with E-state index < -0.39 is 23.7 Å². The molecule has 0 spiro atoms. The smallest absolute Gasteiger partial charge is 0.326 e. The second-order valence-corrected chi connectivity index (χ2v) is 8.82. The second-order valence-electron chi connectivity index (χ2n) is 6.66. The molecule has 2 amide bonds. The maximum absolute atomic E-state index is 12.6. The van der Waals surface area contributed by atoms with Crippen molar-refractivity contribution in [2.45, 2.75) is 13.5 Å². The van der Waals surface area contributed by atoms with Gasteiger partial charge < -0.3 is 14.2 Å². The van der Waals surface area contributed by atoms with Crippen LogP contribution >= 0.6 is 34.4 Å². The molecule has 1 saturated heterocycles. The molecule has 33 heavy (non-hydrogen) atoms. The van der Waals surface area contributed by atoms with Crippen LogP contribution in [-0.4, -0.2) is 42.3 Å². The SMILES string of the molecule is CCOC(=O)CN1C(=O)S/C(=C\c2cc(I)c(OCc3ccccc3C#N)c(OC)c2)C1=O. The summed E-state index contributed by atoms with van der Waals surface area (Å²) in [5.74, 6) is -0.260. The van der Waals surface area contributed by atoms with E-state index in [-0.39, 0.29) is 18.1 Å². The van der Waals surface area contributed by atoms with E-state index in [9.17, 15) is 19.6 Å². The van der Waals surface area contributed by atoms with E-state index in [0.717, 1.165) is 25.8 Å². The number of thioether (sulfide) groups is 1. The number of hydrogen-bond donors (Lipinski definition) is 0. The Balaban J connectivity index is 1.81. The molecule has 1 aliphatic rings. The van der Waals surface area contributed by atoms with E-state index in [0.29, 0.717) is 22.6 Å². The van der Waals surface area contributed by atoms with Gasteiger partial charge in [0.15, 0.2) is 11.5 Å². The van der Waals surface area contributed by atoms with Gasteiger partial charge in [-0.05, 0) is 71.1 Å². The molecule has 0 bridgehead atoms. The molecule has 1 fully saturated rings. The molecule has 0 aromatic heterocycles. The maximum Gasteiger partial charge on any atom is 0.326 e. The number of halogens is 1. The number of esters is 1. The Morgan fingerprint density at radius 2 is 2.03 bits per heavy atom. The van der Waals surface area contributed by atoms with E-state index in [2.05, 4.69) is 28.7 Å². The standard InChI is InChI=1S/C23H19IN2O6S/c1-3-31-20(27)12-26-22(28)19(33-23(26)29)10-14-8-17(24)21(18(9-14)30-2)32-13-16-7-5-4-6-15(16)11-25/h4-10H,3,12-13H2,1-2H3/b19-10-. The van der Waals surface area contributed by atoms with Crippen molar-refractivity contribution in [2.24, 2.45) is 0 Å². The molecule has 2 aromatic carbocycles. The summed E-state index contributed by atoms with van der Waals surface area (Å²) in [7, 11) is 1.50. The van der Waals surface area contributed by atoms with Gasteiger partial charge in [0.1, 0.15) is 13.2 Å². The van der Waals surface area contributed by atoms with Gasteiger partial charge in [0.2, 0.25) is 0 Å². The monoisotopic (exact) mass is 578 g/mol. The van der Waals surface area contributed by atoms with Gasteiger partial charge in [-0.1, -0.05) is 18.2 Å². The van der Waals surface area contributed by atoms with Crippen LogP contribution in [0.25, 0.3) is 6.08 Å². The Morgan fingerprint density at radius 1 is 1.27 bits per heavy atom. The second kappa shape index (κ2) is 11.2. The van der Waals surface area contributed by atoms with Gasteiger partial charge in [0, 0.05) is 5.56 Å². The zero-order chi connectivity index (χ0) is 24.0. The number of nitrogens with zero attached hydrogens (tertiary/aromatic N) is 2. The number of methoxy groups -OCH3 is 1. The first kappa shape index (κ1) is 24.6. The summed E-state index contributed by atoms with van der Waals surface area (Å²) in [6, 6.07) is 12.8. The quantitative estimate of drug-likeness (QED) is 0.259. The molecule has 0 radical (unpaired) electrons. The fourth-order valence-electron chi connectivity index (χ4n) is 2.99. The van der Waals surface area contributed by atoms with Gasteiger partial charge in [0.25, 0.3) is 11.1 Å². The van der Waals surface area contributed by atoms with Crippen LogP contribution in [0.1, 0.15) is 23.6 Å². The van der Waals surface area contributed by atoms with Gasteiger partial charge in [0.05, 0.1) is 33.8 Å². The first-order chi connectivity index (χ1) is 15.9. The third kappa shape index (κ3) is 5.85. The largest absolute Gasteiger partial charge is 0.493 e. The Hall–Kier alpha value is -3.04. The van der Waals surface area contributed by atoms with Crippen LogP contribution in [0.4, 0.5) is 4.79 Å². The topological polar surface area (TPSA) is 106 Å². The van der Waals surface area contributed by atoms with E-state index in [1.807, 2.05) is 12.1 Å². The van der Waals surface area contributed by atoms with Crippen molar-refractivity contribution in [1.82, 2.24) is 4.90 Å². The summed E-state index contributed by atoms with van der Waals surface area (Å²) in [5, 5.41) is 8.73. The van der Waals surface area contributed by atoms with Gasteiger partial charge in [-0.2, -0.15) is 5.26 Å². The predicted molar refractivity (Wildman–Crippen MR) is 131 cm³/mol. The van der Waals surface area contributed by atoms with Crippen molar-refractivity contribution >= 4 is 57.5 Å². The van der Waals surface area contributed by atoms with Crippen molar-refractivity contribution in [2.75, 3.05) is 20.3 Å². The molecule has 1 aliphatic heterocycles. The third-order valence-corrected chi connectivity index (χ3v) is 6.23. The maximum atomic E-state index is 12.6. The van der Waals surface area contributed by atoms with Crippen molar-refractivity contribution in [3.63, 3.8) is 0 Å². The Morgan fingerprint density at radius 3 is 2.73 bits per heavy atom. The molecule has 0 aliphatic carbocycles. The first-order valence-corrected chi connectivity index (χ1v) is 11.7. The molecule has 0 saturated carbocycles. The lowest BCUT2D eigenvalue weighted by molar-refractivity contribution is -0.145. The Bertz CT molecular complexity index is 1170. The predicted octanol–water partition coefficient (Wildman–Crippen LogP) is 4.35. The number of hydrogen-bond acceptors (Lipinski definition) is 8. The summed E-state index contributed by atoms with van der Waals surface area (Å²) >= 11 is 2.85. The third-order valence-electron chi connectivity index (χ3n) is 4.53. The summed E-state index contributed by atoms with van der Waals surface area (Å²) in [4.78, 5) is 37.5. The van der Waals surface area contributed by atoms with Crippen molar-refractivity contribution in [1.29, 1.82) is 5.26 Å². The molecule has 170 valence electrons. The lowest BCUT2D eigenvalue weighted by Crippen LogP contribution is -2.34. The van der Waals surface area contributed by atoms with E-state index in [4.69, 9.17) is 14.2 Å². The average Bonchev–Trinajstić information content (AvgIpc) is 3.05.